The van der Waals surface area contributed by atoms with E-state index in [-0.39, 0.29) is 17.5 Å². The number of carbonyl (C=O) groups excluding carboxylic acids is 1. The average molecular weight is 613 g/mol. The van der Waals surface area contributed by atoms with Crippen LogP contribution in [0.25, 0.3) is 16.8 Å². The molecule has 1 unspecified atom stereocenters. The van der Waals surface area contributed by atoms with Crippen LogP contribution in [-0.4, -0.2) is 39.4 Å². The van der Waals surface area contributed by atoms with Gasteiger partial charge in [-0.15, -0.1) is 0 Å². The zero-order chi connectivity index (χ0) is 31.6. The Labute approximate surface area is 264 Å². The smallest absolute Gasteiger partial charge is 0.261 e. The topological polar surface area (TPSA) is 106 Å². The van der Waals surface area contributed by atoms with Gasteiger partial charge in [0.05, 0.1) is 17.5 Å². The lowest BCUT2D eigenvalue weighted by Crippen LogP contribution is -2.28. The van der Waals surface area contributed by atoms with Crippen LogP contribution in [0, 0.1) is 12.8 Å². The lowest BCUT2D eigenvalue weighted by molar-refractivity contribution is -0.108. The second kappa shape index (κ2) is 15.4. The number of thiol groups is 1. The van der Waals surface area contributed by atoms with E-state index in [1.165, 1.54) is 12.8 Å². The third kappa shape index (κ3) is 7.58. The number of benzene rings is 3. The van der Waals surface area contributed by atoms with E-state index < -0.39 is 0 Å². The summed E-state index contributed by atoms with van der Waals surface area (Å²) in [6, 6.07) is 23.0. The van der Waals surface area contributed by atoms with Crippen LogP contribution in [0.1, 0.15) is 61.3 Å². The van der Waals surface area contributed by atoms with Crippen LogP contribution in [0.5, 0.6) is 5.75 Å². The van der Waals surface area contributed by atoms with Gasteiger partial charge in [-0.2, -0.15) is 12.6 Å². The number of oxime groups is 1. The summed E-state index contributed by atoms with van der Waals surface area (Å²) < 4.78 is 7.77. The summed E-state index contributed by atoms with van der Waals surface area (Å²) >= 11 is 3.53. The third-order valence-electron chi connectivity index (χ3n) is 7.74. The van der Waals surface area contributed by atoms with E-state index in [2.05, 4.69) is 36.9 Å². The Balaban J connectivity index is 0.00000216. The third-order valence-corrected chi connectivity index (χ3v) is 7.74. The molecule has 8 nitrogen and oxygen atoms in total. The van der Waals surface area contributed by atoms with Crippen molar-refractivity contribution < 1.29 is 14.7 Å². The molecule has 1 fully saturated rings. The van der Waals surface area contributed by atoms with Crippen LogP contribution in [0.3, 0.4) is 0 Å². The largest absolute Gasteiger partial charge is 0.490 e. The number of rotatable bonds is 11. The molecule has 2 N–H and O–H groups in total. The highest BCUT2D eigenvalue weighted by Gasteiger charge is 2.29. The van der Waals surface area contributed by atoms with Gasteiger partial charge in [-0.3, -0.25) is 14.2 Å². The van der Waals surface area contributed by atoms with Gasteiger partial charge in [-0.05, 0) is 86.2 Å². The van der Waals surface area contributed by atoms with Gasteiger partial charge in [0.2, 0.25) is 6.41 Å². The first-order chi connectivity index (χ1) is 21.4. The van der Waals surface area contributed by atoms with Crippen molar-refractivity contribution in [3.05, 3.63) is 111 Å². The molecular weight excluding hydrogens is 572 g/mol. The fourth-order valence-corrected chi connectivity index (χ4v) is 5.36. The summed E-state index contributed by atoms with van der Waals surface area (Å²) in [6.07, 6.45) is 6.85. The molecule has 1 aromatic heterocycles. The maximum Gasteiger partial charge on any atom is 0.261 e. The minimum atomic E-state index is -0.0656. The van der Waals surface area contributed by atoms with Gasteiger partial charge in [0.1, 0.15) is 11.6 Å². The van der Waals surface area contributed by atoms with Gasteiger partial charge < -0.3 is 15.3 Å². The van der Waals surface area contributed by atoms with Crippen LogP contribution in [0.2, 0.25) is 0 Å². The van der Waals surface area contributed by atoms with Crippen LogP contribution in [0.15, 0.2) is 82.7 Å². The average Bonchev–Trinajstić information content (AvgIpc) is 3.90. The highest BCUT2D eigenvalue weighted by atomic mass is 32.1. The Bertz CT molecular complexity index is 1650. The van der Waals surface area contributed by atoms with Crippen molar-refractivity contribution >= 4 is 24.9 Å². The zero-order valence-electron chi connectivity index (χ0n) is 25.7. The standard InChI is InChI=1S/C34H36N4O4.CH4S/c1-4-7-32-31(20-24-10-12-26(13-11-24)29-8-5-6-9-30(29)33(37-41)35-21-39)34(40)38(23(3)36-32)27-16-18-28(19-17-27)42-22(2)25-14-15-25;1-2/h5-6,8-13,16-19,21-22,25,41H,4,7,14-15,20H2,1-3H3,(H,35,37,39);2H,1H3. The van der Waals surface area contributed by atoms with E-state index in [1.54, 1.807) is 16.9 Å². The number of hydrogen-bond donors (Lipinski definition) is 3. The molecule has 44 heavy (non-hydrogen) atoms. The lowest BCUT2D eigenvalue weighted by atomic mass is 9.96. The summed E-state index contributed by atoms with van der Waals surface area (Å²) in [5, 5.41) is 15.1. The number of ether oxygens (including phenoxy) is 1. The molecule has 0 saturated heterocycles. The molecule has 9 heteroatoms. The van der Waals surface area contributed by atoms with Crippen molar-refractivity contribution in [3.8, 4) is 22.6 Å². The van der Waals surface area contributed by atoms with Gasteiger partial charge in [-0.25, -0.2) is 4.98 Å². The summed E-state index contributed by atoms with van der Waals surface area (Å²) in [6.45, 7) is 6.07. The SMILES string of the molecule is CCCc1nc(C)n(-c2ccc(OC(C)C3CC3)cc2)c(=O)c1Cc1ccc(-c2ccccc2/C(=N/O)NC=O)cc1.CS. The number of nitrogens with one attached hydrogen (secondary N) is 1. The number of hydrogen-bond acceptors (Lipinski definition) is 7. The molecule has 0 bridgehead atoms. The molecule has 4 aromatic rings. The Kier molecular flexibility index (Phi) is 11.4. The Morgan fingerprint density at radius 1 is 1.11 bits per heavy atom. The molecule has 1 amide bonds. The molecule has 230 valence electrons. The number of aryl methyl sites for hydroxylation is 2. The van der Waals surface area contributed by atoms with Gasteiger partial charge in [0.15, 0.2) is 5.84 Å². The van der Waals surface area contributed by atoms with E-state index in [1.807, 2.05) is 73.7 Å². The molecule has 1 aliphatic rings. The first-order valence-electron chi connectivity index (χ1n) is 14.9. The molecule has 0 aliphatic heterocycles. The van der Waals surface area contributed by atoms with Gasteiger partial charge in [0, 0.05) is 17.5 Å². The van der Waals surface area contributed by atoms with Crippen molar-refractivity contribution in [1.82, 2.24) is 14.9 Å². The predicted molar refractivity (Wildman–Crippen MR) is 178 cm³/mol. The fourth-order valence-electron chi connectivity index (χ4n) is 5.36. The Morgan fingerprint density at radius 3 is 2.41 bits per heavy atom. The van der Waals surface area contributed by atoms with Crippen LogP contribution < -0.4 is 15.6 Å². The van der Waals surface area contributed by atoms with Crippen molar-refractivity contribution in [2.75, 3.05) is 6.26 Å². The summed E-state index contributed by atoms with van der Waals surface area (Å²) in [5.41, 5.74) is 5.46. The number of amidine groups is 1. The summed E-state index contributed by atoms with van der Waals surface area (Å²) in [4.78, 5) is 29.8. The van der Waals surface area contributed by atoms with Crippen LogP contribution >= 0.6 is 12.6 Å². The van der Waals surface area contributed by atoms with Crippen molar-refractivity contribution in [1.29, 1.82) is 0 Å². The van der Waals surface area contributed by atoms with Crippen molar-refractivity contribution in [2.45, 2.75) is 59.0 Å². The number of carbonyl (C=O) groups is 1. The van der Waals surface area contributed by atoms with Gasteiger partial charge >= 0.3 is 0 Å². The van der Waals surface area contributed by atoms with Crippen LogP contribution in [-0.2, 0) is 17.6 Å². The monoisotopic (exact) mass is 612 g/mol. The fraction of sp³-hybridized carbons (Fsp3) is 0.314. The molecule has 1 heterocycles. The van der Waals surface area contributed by atoms with Crippen molar-refractivity contribution in [2.24, 2.45) is 11.1 Å². The molecule has 0 radical (unpaired) electrons. The van der Waals surface area contributed by atoms with Crippen molar-refractivity contribution in [3.63, 3.8) is 0 Å². The Morgan fingerprint density at radius 2 is 1.80 bits per heavy atom. The number of amides is 1. The normalized spacial score (nSPS) is 13.4. The second-order valence-corrected chi connectivity index (χ2v) is 10.8. The van der Waals surface area contributed by atoms with E-state index >= 15 is 0 Å². The number of nitrogens with zero attached hydrogens (tertiary/aromatic N) is 3. The minimum absolute atomic E-state index is 0.0656. The second-order valence-electron chi connectivity index (χ2n) is 10.8. The van der Waals surface area contributed by atoms with E-state index in [0.717, 1.165) is 46.7 Å². The molecule has 1 saturated carbocycles. The molecule has 3 aromatic carbocycles. The summed E-state index contributed by atoms with van der Waals surface area (Å²) in [5.74, 6) is 2.17. The zero-order valence-corrected chi connectivity index (χ0v) is 26.6. The molecule has 5 rings (SSSR count). The van der Waals surface area contributed by atoms with E-state index in [0.29, 0.717) is 35.7 Å². The molecule has 0 spiro atoms. The predicted octanol–water partition coefficient (Wildman–Crippen LogP) is 6.36. The highest BCUT2D eigenvalue weighted by Crippen LogP contribution is 2.34. The first kappa shape index (κ1) is 32.5. The van der Waals surface area contributed by atoms with E-state index in [4.69, 9.17) is 9.72 Å². The molecular formula is C35H40N4O4S. The van der Waals surface area contributed by atoms with E-state index in [9.17, 15) is 14.8 Å². The quantitative estimate of drug-likeness (QED) is 0.0457. The maximum absolute atomic E-state index is 14.0. The highest BCUT2D eigenvalue weighted by molar-refractivity contribution is 7.79. The van der Waals surface area contributed by atoms with Gasteiger partial charge in [0.25, 0.3) is 5.56 Å². The first-order valence-corrected chi connectivity index (χ1v) is 15.8. The molecule has 1 atom stereocenters. The van der Waals surface area contributed by atoms with Gasteiger partial charge in [-0.1, -0.05) is 67.0 Å². The minimum Gasteiger partial charge on any atom is -0.490 e. The summed E-state index contributed by atoms with van der Waals surface area (Å²) in [7, 11) is 0. The van der Waals surface area contributed by atoms with Crippen LogP contribution in [0.4, 0.5) is 0 Å². The number of aromatic nitrogens is 2. The lowest BCUT2D eigenvalue weighted by Gasteiger charge is -2.17. The molecule has 1 aliphatic carbocycles. The Hall–Kier alpha value is -4.37. The maximum atomic E-state index is 14.0.